The maximum Gasteiger partial charge on any atom is 0.311 e. The summed E-state index contributed by atoms with van der Waals surface area (Å²) >= 11 is 0. The number of carbonyl (C=O) groups excluding carboxylic acids is 2. The Morgan fingerprint density at radius 1 is 1.00 bits per heavy atom. The van der Waals surface area contributed by atoms with Crippen molar-refractivity contribution in [2.45, 2.75) is 44.6 Å². The molecule has 1 saturated carbocycles. The molecule has 1 aliphatic carbocycles. The molecule has 0 aromatic heterocycles. The molecule has 7 heteroatoms. The van der Waals surface area contributed by atoms with Crippen molar-refractivity contribution in [1.82, 2.24) is 0 Å². The Balaban J connectivity index is 1.74. The van der Waals surface area contributed by atoms with Crippen molar-refractivity contribution in [3.63, 3.8) is 0 Å². The van der Waals surface area contributed by atoms with Crippen LogP contribution in [0.15, 0.2) is 12.1 Å². The molecule has 7 nitrogen and oxygen atoms in total. The van der Waals surface area contributed by atoms with Gasteiger partial charge in [0.2, 0.25) is 11.7 Å². The summed E-state index contributed by atoms with van der Waals surface area (Å²) in [7, 11) is 4.58. The number of carbonyl (C=O) groups is 2. The van der Waals surface area contributed by atoms with E-state index in [1.165, 1.54) is 27.8 Å². The third-order valence-electron chi connectivity index (χ3n) is 5.25. The molecule has 0 radical (unpaired) electrons. The zero-order valence-electron chi connectivity index (χ0n) is 16.2. The molecular weight excluding hydrogens is 350 g/mol. The van der Waals surface area contributed by atoms with Crippen LogP contribution in [0.4, 0.5) is 5.69 Å². The number of hydrogen-bond acceptors (Lipinski definition) is 6. The van der Waals surface area contributed by atoms with Crippen LogP contribution in [0.1, 0.15) is 38.5 Å². The van der Waals surface area contributed by atoms with E-state index >= 15 is 0 Å². The number of nitrogens with zero attached hydrogens (tertiary/aromatic N) is 1. The standard InChI is InChI=1S/C20H27NO6/c1-24-16-10-14(11-17(25-2)19(16)26-3)21-12-13(9-18(21)22)20(23)27-15-7-5-4-6-8-15/h10-11,13,15H,4-9,12H2,1-3H3/t13-/m0/s1. The van der Waals surface area contributed by atoms with Crippen LogP contribution < -0.4 is 19.1 Å². The second kappa shape index (κ2) is 8.50. The van der Waals surface area contributed by atoms with Crippen LogP contribution in [0.3, 0.4) is 0 Å². The second-order valence-electron chi connectivity index (χ2n) is 6.99. The molecule has 1 aliphatic heterocycles. The Kier molecular flexibility index (Phi) is 6.08. The van der Waals surface area contributed by atoms with Gasteiger partial charge in [-0.15, -0.1) is 0 Å². The monoisotopic (exact) mass is 377 g/mol. The lowest BCUT2D eigenvalue weighted by atomic mass is 9.97. The predicted octanol–water partition coefficient (Wildman–Crippen LogP) is 2.94. The van der Waals surface area contributed by atoms with E-state index in [4.69, 9.17) is 18.9 Å². The van der Waals surface area contributed by atoms with E-state index in [-0.39, 0.29) is 24.4 Å². The van der Waals surface area contributed by atoms with Gasteiger partial charge in [0.05, 0.1) is 32.9 Å². The molecule has 0 unspecified atom stereocenters. The highest BCUT2D eigenvalue weighted by molar-refractivity contribution is 6.00. The number of esters is 1. The first kappa shape index (κ1) is 19.3. The third kappa shape index (κ3) is 4.12. The zero-order chi connectivity index (χ0) is 19.4. The Bertz CT molecular complexity index is 673. The molecular formula is C20H27NO6. The lowest BCUT2D eigenvalue weighted by Gasteiger charge is -2.23. The van der Waals surface area contributed by atoms with Crippen LogP contribution in [0.2, 0.25) is 0 Å². The van der Waals surface area contributed by atoms with E-state index in [9.17, 15) is 9.59 Å². The summed E-state index contributed by atoms with van der Waals surface area (Å²) in [5.41, 5.74) is 0.613. The summed E-state index contributed by atoms with van der Waals surface area (Å²) in [5.74, 6) is 0.558. The largest absolute Gasteiger partial charge is 0.493 e. The summed E-state index contributed by atoms with van der Waals surface area (Å²) in [6.07, 6.45) is 5.38. The first-order valence-electron chi connectivity index (χ1n) is 9.38. The van der Waals surface area contributed by atoms with E-state index in [1.807, 2.05) is 0 Å². The SMILES string of the molecule is COc1cc(N2C[C@@H](C(=O)OC3CCCCC3)CC2=O)cc(OC)c1OC. The quantitative estimate of drug-likeness (QED) is 0.710. The lowest BCUT2D eigenvalue weighted by molar-refractivity contribution is -0.155. The van der Waals surface area contributed by atoms with Gasteiger partial charge in [0.15, 0.2) is 11.5 Å². The average molecular weight is 377 g/mol. The first-order valence-corrected chi connectivity index (χ1v) is 9.38. The minimum absolute atomic E-state index is 0.00317. The minimum atomic E-state index is -0.446. The van der Waals surface area contributed by atoms with Crippen molar-refractivity contribution in [2.75, 3.05) is 32.8 Å². The molecule has 1 aromatic rings. The normalized spacial score (nSPS) is 20.5. The molecule has 27 heavy (non-hydrogen) atoms. The second-order valence-corrected chi connectivity index (χ2v) is 6.99. The molecule has 148 valence electrons. The number of benzene rings is 1. The fraction of sp³-hybridized carbons (Fsp3) is 0.600. The molecule has 0 bridgehead atoms. The number of hydrogen-bond donors (Lipinski definition) is 0. The van der Waals surface area contributed by atoms with E-state index < -0.39 is 5.92 Å². The summed E-state index contributed by atoms with van der Waals surface area (Å²) in [4.78, 5) is 26.6. The predicted molar refractivity (Wildman–Crippen MR) is 99.5 cm³/mol. The third-order valence-corrected chi connectivity index (χ3v) is 5.25. The van der Waals surface area contributed by atoms with E-state index in [2.05, 4.69) is 0 Å². The molecule has 3 rings (SSSR count). The summed E-state index contributed by atoms with van der Waals surface area (Å²) in [6.45, 7) is 0.295. The van der Waals surface area contributed by atoms with E-state index in [0.717, 1.165) is 25.7 Å². The van der Waals surface area contributed by atoms with Crippen molar-refractivity contribution in [1.29, 1.82) is 0 Å². The summed E-state index contributed by atoms with van der Waals surface area (Å²) in [5, 5.41) is 0. The lowest BCUT2D eigenvalue weighted by Crippen LogP contribution is -2.29. The van der Waals surface area contributed by atoms with Gasteiger partial charge in [-0.2, -0.15) is 0 Å². The number of ether oxygens (including phenoxy) is 4. The Morgan fingerprint density at radius 3 is 2.19 bits per heavy atom. The van der Waals surface area contributed by atoms with Crippen LogP contribution in [-0.4, -0.2) is 45.9 Å². The Hall–Kier alpha value is -2.44. The number of amides is 1. The molecule has 1 atom stereocenters. The van der Waals surface area contributed by atoms with Gasteiger partial charge < -0.3 is 23.8 Å². The van der Waals surface area contributed by atoms with Crippen molar-refractivity contribution < 1.29 is 28.5 Å². The van der Waals surface area contributed by atoms with Gasteiger partial charge in [0.1, 0.15) is 6.10 Å². The van der Waals surface area contributed by atoms with Gasteiger partial charge in [-0.25, -0.2) is 0 Å². The molecule has 0 N–H and O–H groups in total. The van der Waals surface area contributed by atoms with Crippen LogP contribution in [0, 0.1) is 5.92 Å². The highest BCUT2D eigenvalue weighted by Gasteiger charge is 2.37. The Morgan fingerprint density at radius 2 is 1.63 bits per heavy atom. The molecule has 0 spiro atoms. The maximum atomic E-state index is 12.5. The maximum absolute atomic E-state index is 12.5. The first-order chi connectivity index (χ1) is 13.1. The molecule has 1 saturated heterocycles. The van der Waals surface area contributed by atoms with Gasteiger partial charge >= 0.3 is 5.97 Å². The minimum Gasteiger partial charge on any atom is -0.493 e. The number of methoxy groups -OCH3 is 3. The van der Waals surface area contributed by atoms with Crippen molar-refractivity contribution in [2.24, 2.45) is 5.92 Å². The average Bonchev–Trinajstić information content (AvgIpc) is 3.09. The van der Waals surface area contributed by atoms with Crippen LogP contribution in [0.5, 0.6) is 17.2 Å². The number of anilines is 1. The topological polar surface area (TPSA) is 74.3 Å². The number of rotatable bonds is 6. The van der Waals surface area contributed by atoms with Gasteiger partial charge in [0.25, 0.3) is 0 Å². The van der Waals surface area contributed by atoms with E-state index in [1.54, 1.807) is 17.0 Å². The molecule has 2 fully saturated rings. The van der Waals surface area contributed by atoms with Crippen molar-refractivity contribution >= 4 is 17.6 Å². The van der Waals surface area contributed by atoms with Gasteiger partial charge in [-0.3, -0.25) is 9.59 Å². The Labute approximate surface area is 159 Å². The fourth-order valence-electron chi connectivity index (χ4n) is 3.78. The van der Waals surface area contributed by atoms with Gasteiger partial charge in [-0.1, -0.05) is 6.42 Å². The highest BCUT2D eigenvalue weighted by Crippen LogP contribution is 2.42. The highest BCUT2D eigenvalue weighted by atomic mass is 16.5. The fourth-order valence-corrected chi connectivity index (χ4v) is 3.78. The van der Waals surface area contributed by atoms with Crippen LogP contribution >= 0.6 is 0 Å². The molecule has 1 heterocycles. The van der Waals surface area contributed by atoms with E-state index in [0.29, 0.717) is 29.5 Å². The summed E-state index contributed by atoms with van der Waals surface area (Å²) in [6, 6.07) is 3.43. The summed E-state index contributed by atoms with van der Waals surface area (Å²) < 4.78 is 21.7. The van der Waals surface area contributed by atoms with Crippen LogP contribution in [0.25, 0.3) is 0 Å². The van der Waals surface area contributed by atoms with Gasteiger partial charge in [0, 0.05) is 25.1 Å². The molecule has 1 aromatic carbocycles. The van der Waals surface area contributed by atoms with Crippen LogP contribution in [-0.2, 0) is 14.3 Å². The van der Waals surface area contributed by atoms with Crippen molar-refractivity contribution in [3.05, 3.63) is 12.1 Å². The van der Waals surface area contributed by atoms with Gasteiger partial charge in [-0.05, 0) is 25.7 Å². The molecule has 2 aliphatic rings. The zero-order valence-corrected chi connectivity index (χ0v) is 16.2. The smallest absolute Gasteiger partial charge is 0.311 e. The van der Waals surface area contributed by atoms with Crippen molar-refractivity contribution in [3.8, 4) is 17.2 Å². The molecule has 1 amide bonds.